The number of carbonyl (C=O) groups is 1. The van der Waals surface area contributed by atoms with Crippen LogP contribution in [0.4, 0.5) is 0 Å². The number of hydrogen-bond donors (Lipinski definition) is 2. The summed E-state index contributed by atoms with van der Waals surface area (Å²) in [7, 11) is 0. The molecule has 0 aliphatic heterocycles. The van der Waals surface area contributed by atoms with Gasteiger partial charge in [-0.3, -0.25) is 4.79 Å². The fraction of sp³-hybridized carbons (Fsp3) is 0.632. The molecule has 1 aromatic rings. The summed E-state index contributed by atoms with van der Waals surface area (Å²) in [5.74, 6) is -0.571. The van der Waals surface area contributed by atoms with Gasteiger partial charge in [-0.1, -0.05) is 56.9 Å². The molecule has 2 rings (SSSR count). The van der Waals surface area contributed by atoms with E-state index in [2.05, 4.69) is 31.2 Å². The molecule has 3 nitrogen and oxygen atoms in total. The number of aryl methyl sites for hydroxylation is 1. The first-order valence-electron chi connectivity index (χ1n) is 8.66. The highest BCUT2D eigenvalue weighted by molar-refractivity contribution is 5.79. The fourth-order valence-corrected chi connectivity index (χ4v) is 3.44. The zero-order valence-corrected chi connectivity index (χ0v) is 13.7. The minimum Gasteiger partial charge on any atom is -0.480 e. The number of nitrogens with two attached hydrogens (primary N) is 1. The smallest absolute Gasteiger partial charge is 0.323 e. The molecule has 22 heavy (non-hydrogen) atoms. The molecule has 0 bridgehead atoms. The maximum Gasteiger partial charge on any atom is 0.323 e. The number of unbranched alkanes of at least 4 members (excludes halogenated alkanes) is 4. The zero-order valence-electron chi connectivity index (χ0n) is 13.7. The van der Waals surface area contributed by atoms with E-state index in [1.165, 1.54) is 43.2 Å². The van der Waals surface area contributed by atoms with Crippen LogP contribution in [0.2, 0.25) is 0 Å². The summed E-state index contributed by atoms with van der Waals surface area (Å²) in [5, 5.41) is 9.21. The van der Waals surface area contributed by atoms with Crippen LogP contribution < -0.4 is 5.73 Å². The summed E-state index contributed by atoms with van der Waals surface area (Å²) in [6.07, 6.45) is 9.68. The highest BCUT2D eigenvalue weighted by Crippen LogP contribution is 2.39. The van der Waals surface area contributed by atoms with Crippen molar-refractivity contribution >= 4 is 5.97 Å². The maximum absolute atomic E-state index is 11.2. The van der Waals surface area contributed by atoms with Crippen LogP contribution in [0.15, 0.2) is 24.3 Å². The molecule has 2 atom stereocenters. The summed E-state index contributed by atoms with van der Waals surface area (Å²) >= 11 is 0. The number of hydrogen-bond acceptors (Lipinski definition) is 2. The second-order valence-corrected chi connectivity index (χ2v) is 6.81. The van der Waals surface area contributed by atoms with Gasteiger partial charge in [0, 0.05) is 0 Å². The van der Waals surface area contributed by atoms with E-state index >= 15 is 0 Å². The van der Waals surface area contributed by atoms with Gasteiger partial charge in [-0.25, -0.2) is 0 Å². The van der Waals surface area contributed by atoms with Gasteiger partial charge in [0.05, 0.1) is 0 Å². The van der Waals surface area contributed by atoms with Crippen LogP contribution in [0.1, 0.15) is 75.3 Å². The van der Waals surface area contributed by atoms with E-state index in [9.17, 15) is 9.90 Å². The van der Waals surface area contributed by atoms with Crippen LogP contribution in [0.5, 0.6) is 0 Å². The van der Waals surface area contributed by atoms with E-state index < -0.39 is 11.5 Å². The minimum absolute atomic E-state index is 0.291. The van der Waals surface area contributed by atoms with Gasteiger partial charge in [0.1, 0.15) is 5.54 Å². The predicted octanol–water partition coefficient (Wildman–Crippen LogP) is 4.25. The third-order valence-electron chi connectivity index (χ3n) is 5.00. The average molecular weight is 303 g/mol. The fourth-order valence-electron chi connectivity index (χ4n) is 3.44. The van der Waals surface area contributed by atoms with Crippen molar-refractivity contribution in [1.82, 2.24) is 0 Å². The van der Waals surface area contributed by atoms with Crippen LogP contribution in [-0.4, -0.2) is 16.6 Å². The number of aliphatic carboxylic acids is 1. The summed E-state index contributed by atoms with van der Waals surface area (Å²) in [4.78, 5) is 11.2. The Morgan fingerprint density at radius 3 is 2.50 bits per heavy atom. The molecule has 3 N–H and O–H groups in total. The molecular formula is C19H29NO2. The standard InChI is InChI=1S/C19H29NO2/c1-2-3-4-5-6-7-15-8-10-16(11-9-15)17-12-13-19(20,14-17)18(21)22/h8-11,17H,2-7,12-14,20H2,1H3,(H,21,22)/t17-,19+/m0/s1. The first kappa shape index (κ1) is 17.0. The maximum atomic E-state index is 11.2. The molecule has 0 heterocycles. The van der Waals surface area contributed by atoms with Crippen molar-refractivity contribution in [2.24, 2.45) is 5.73 Å². The number of carboxylic acid groups (broad SMARTS) is 1. The average Bonchev–Trinajstić information content (AvgIpc) is 2.92. The van der Waals surface area contributed by atoms with E-state index in [0.717, 1.165) is 12.8 Å². The van der Waals surface area contributed by atoms with Crippen molar-refractivity contribution in [3.63, 3.8) is 0 Å². The van der Waals surface area contributed by atoms with Crippen molar-refractivity contribution in [2.45, 2.75) is 76.2 Å². The molecule has 0 amide bonds. The van der Waals surface area contributed by atoms with Gasteiger partial charge in [0.15, 0.2) is 0 Å². The van der Waals surface area contributed by atoms with Crippen molar-refractivity contribution in [2.75, 3.05) is 0 Å². The molecule has 1 aromatic carbocycles. The van der Waals surface area contributed by atoms with Crippen LogP contribution in [0, 0.1) is 0 Å². The lowest BCUT2D eigenvalue weighted by Crippen LogP contribution is -2.45. The lowest BCUT2D eigenvalue weighted by atomic mass is 9.92. The topological polar surface area (TPSA) is 63.3 Å². The highest BCUT2D eigenvalue weighted by Gasteiger charge is 2.42. The van der Waals surface area contributed by atoms with Gasteiger partial charge >= 0.3 is 5.97 Å². The first-order chi connectivity index (χ1) is 10.5. The molecule has 1 fully saturated rings. The monoisotopic (exact) mass is 303 g/mol. The van der Waals surface area contributed by atoms with Crippen molar-refractivity contribution in [3.8, 4) is 0 Å². The Labute approximate surface area is 133 Å². The molecule has 122 valence electrons. The quantitative estimate of drug-likeness (QED) is 0.706. The van der Waals surface area contributed by atoms with Gasteiger partial charge in [-0.05, 0) is 49.1 Å². The van der Waals surface area contributed by atoms with Crippen LogP contribution >= 0.6 is 0 Å². The van der Waals surface area contributed by atoms with Crippen molar-refractivity contribution in [3.05, 3.63) is 35.4 Å². The molecular weight excluding hydrogens is 274 g/mol. The van der Waals surface area contributed by atoms with Gasteiger partial charge in [0.2, 0.25) is 0 Å². The first-order valence-corrected chi connectivity index (χ1v) is 8.66. The number of rotatable bonds is 8. The SMILES string of the molecule is CCCCCCCc1ccc([C@H]2CC[C@](N)(C(=O)O)C2)cc1. The second kappa shape index (κ2) is 7.77. The van der Waals surface area contributed by atoms with Crippen molar-refractivity contribution < 1.29 is 9.90 Å². The van der Waals surface area contributed by atoms with Crippen LogP contribution in [-0.2, 0) is 11.2 Å². The molecule has 0 spiro atoms. The third kappa shape index (κ3) is 4.33. The summed E-state index contributed by atoms with van der Waals surface area (Å²) in [6, 6.07) is 8.73. The molecule has 3 heteroatoms. The third-order valence-corrected chi connectivity index (χ3v) is 5.00. The predicted molar refractivity (Wildman–Crippen MR) is 90.1 cm³/mol. The minimum atomic E-state index is -1.03. The van der Waals surface area contributed by atoms with Gasteiger partial charge < -0.3 is 10.8 Å². The number of carboxylic acids is 1. The van der Waals surface area contributed by atoms with E-state index in [4.69, 9.17) is 5.73 Å². The van der Waals surface area contributed by atoms with Gasteiger partial charge in [-0.2, -0.15) is 0 Å². The molecule has 0 aromatic heterocycles. The molecule has 1 aliphatic carbocycles. The van der Waals surface area contributed by atoms with E-state index in [1.807, 2.05) is 0 Å². The Morgan fingerprint density at radius 1 is 1.23 bits per heavy atom. The Morgan fingerprint density at radius 2 is 1.91 bits per heavy atom. The molecule has 0 unspecified atom stereocenters. The molecule has 0 radical (unpaired) electrons. The summed E-state index contributed by atoms with van der Waals surface area (Å²) in [6.45, 7) is 2.24. The Balaban J connectivity index is 1.83. The summed E-state index contributed by atoms with van der Waals surface area (Å²) < 4.78 is 0. The Kier molecular flexibility index (Phi) is 6.01. The van der Waals surface area contributed by atoms with Crippen LogP contribution in [0.25, 0.3) is 0 Å². The summed E-state index contributed by atoms with van der Waals surface area (Å²) in [5.41, 5.74) is 7.56. The lowest BCUT2D eigenvalue weighted by molar-refractivity contribution is -0.143. The van der Waals surface area contributed by atoms with Gasteiger partial charge in [0.25, 0.3) is 0 Å². The Hall–Kier alpha value is -1.35. The van der Waals surface area contributed by atoms with E-state index in [1.54, 1.807) is 0 Å². The van der Waals surface area contributed by atoms with E-state index in [-0.39, 0.29) is 0 Å². The van der Waals surface area contributed by atoms with E-state index in [0.29, 0.717) is 18.8 Å². The zero-order chi connectivity index (χ0) is 16.0. The lowest BCUT2D eigenvalue weighted by Gasteiger charge is -2.18. The second-order valence-electron chi connectivity index (χ2n) is 6.81. The Bertz CT molecular complexity index is 483. The molecule has 1 aliphatic rings. The number of benzene rings is 1. The van der Waals surface area contributed by atoms with Gasteiger partial charge in [-0.15, -0.1) is 0 Å². The van der Waals surface area contributed by atoms with Crippen LogP contribution in [0.3, 0.4) is 0 Å². The van der Waals surface area contributed by atoms with Crippen molar-refractivity contribution in [1.29, 1.82) is 0 Å². The largest absolute Gasteiger partial charge is 0.480 e. The molecule has 0 saturated heterocycles. The highest BCUT2D eigenvalue weighted by atomic mass is 16.4. The molecule has 1 saturated carbocycles. The normalized spacial score (nSPS) is 24.5.